The average molecular weight is 327 g/mol. The maximum absolute atomic E-state index is 12.7. The highest BCUT2D eigenvalue weighted by atomic mass is 32.2. The SMILES string of the molecule is CC1CCN(C(=O)CN(C[C@H]2CCCO2)[C@@H]2CCSC2)CC1. The van der Waals surface area contributed by atoms with E-state index in [1.165, 1.54) is 24.3 Å². The van der Waals surface area contributed by atoms with Crippen molar-refractivity contribution in [3.05, 3.63) is 0 Å². The number of carbonyl (C=O) groups excluding carboxylic acids is 1. The molecule has 3 aliphatic heterocycles. The van der Waals surface area contributed by atoms with Crippen LogP contribution in [0.2, 0.25) is 0 Å². The quantitative estimate of drug-likeness (QED) is 0.776. The van der Waals surface area contributed by atoms with Crippen LogP contribution in [-0.4, -0.2) is 72.1 Å². The highest BCUT2D eigenvalue weighted by Crippen LogP contribution is 2.25. The van der Waals surface area contributed by atoms with E-state index >= 15 is 0 Å². The van der Waals surface area contributed by atoms with Crippen molar-refractivity contribution in [3.8, 4) is 0 Å². The molecule has 0 spiro atoms. The van der Waals surface area contributed by atoms with Crippen LogP contribution in [0.25, 0.3) is 0 Å². The summed E-state index contributed by atoms with van der Waals surface area (Å²) >= 11 is 2.02. The molecule has 0 radical (unpaired) electrons. The molecule has 0 aromatic carbocycles. The molecule has 4 nitrogen and oxygen atoms in total. The lowest BCUT2D eigenvalue weighted by molar-refractivity contribution is -0.134. The standard InChI is InChI=1S/C17H30N2O2S/c1-14-4-7-18(8-5-14)17(20)12-19(15-6-10-22-13-15)11-16-3-2-9-21-16/h14-16H,2-13H2,1H3/t15-,16-/m1/s1. The molecular formula is C17H30N2O2S. The highest BCUT2D eigenvalue weighted by molar-refractivity contribution is 7.99. The van der Waals surface area contributed by atoms with Crippen molar-refractivity contribution in [1.82, 2.24) is 9.80 Å². The summed E-state index contributed by atoms with van der Waals surface area (Å²) in [5.74, 6) is 3.53. The number of rotatable bonds is 5. The van der Waals surface area contributed by atoms with Gasteiger partial charge in [0.05, 0.1) is 12.6 Å². The molecule has 3 fully saturated rings. The number of carbonyl (C=O) groups is 1. The summed E-state index contributed by atoms with van der Waals surface area (Å²) in [6, 6.07) is 0.571. The van der Waals surface area contributed by atoms with Crippen LogP contribution < -0.4 is 0 Å². The largest absolute Gasteiger partial charge is 0.377 e. The molecule has 1 amide bonds. The molecular weight excluding hydrogens is 296 g/mol. The van der Waals surface area contributed by atoms with Gasteiger partial charge in [0.15, 0.2) is 0 Å². The monoisotopic (exact) mass is 326 g/mol. The molecule has 0 aromatic rings. The van der Waals surface area contributed by atoms with E-state index in [9.17, 15) is 4.79 Å². The van der Waals surface area contributed by atoms with Crippen LogP contribution in [0.15, 0.2) is 0 Å². The lowest BCUT2D eigenvalue weighted by atomic mass is 9.99. The van der Waals surface area contributed by atoms with Gasteiger partial charge >= 0.3 is 0 Å². The van der Waals surface area contributed by atoms with Crippen molar-refractivity contribution in [2.45, 2.75) is 51.2 Å². The molecule has 126 valence electrons. The third-order valence-electron chi connectivity index (χ3n) is 5.36. The molecule has 5 heteroatoms. The number of piperidine rings is 1. The summed E-state index contributed by atoms with van der Waals surface area (Å²) in [5.41, 5.74) is 0. The van der Waals surface area contributed by atoms with Crippen molar-refractivity contribution in [2.75, 3.05) is 44.3 Å². The predicted octanol–water partition coefficient (Wildman–Crippen LogP) is 2.23. The number of nitrogens with zero attached hydrogens (tertiary/aromatic N) is 2. The normalized spacial score (nSPS) is 30.4. The van der Waals surface area contributed by atoms with E-state index in [1.54, 1.807) is 0 Å². The molecule has 3 aliphatic rings. The van der Waals surface area contributed by atoms with Gasteiger partial charge in [-0.3, -0.25) is 9.69 Å². The fourth-order valence-electron chi connectivity index (χ4n) is 3.73. The summed E-state index contributed by atoms with van der Waals surface area (Å²) in [4.78, 5) is 17.2. The lowest BCUT2D eigenvalue weighted by Gasteiger charge is -2.35. The Labute approximate surface area is 138 Å². The summed E-state index contributed by atoms with van der Waals surface area (Å²) < 4.78 is 5.81. The van der Waals surface area contributed by atoms with Crippen LogP contribution in [0.5, 0.6) is 0 Å². The van der Waals surface area contributed by atoms with E-state index in [0.717, 1.165) is 51.4 Å². The van der Waals surface area contributed by atoms with E-state index in [2.05, 4.69) is 16.7 Å². The second-order valence-electron chi connectivity index (χ2n) is 7.15. The van der Waals surface area contributed by atoms with E-state index in [1.807, 2.05) is 11.8 Å². The number of amides is 1. The third-order valence-corrected chi connectivity index (χ3v) is 6.50. The van der Waals surface area contributed by atoms with Gasteiger partial charge in [-0.1, -0.05) is 6.92 Å². The summed E-state index contributed by atoms with van der Waals surface area (Å²) in [6.07, 6.45) is 6.23. The van der Waals surface area contributed by atoms with Crippen molar-refractivity contribution >= 4 is 17.7 Å². The van der Waals surface area contributed by atoms with Gasteiger partial charge in [0.1, 0.15) is 0 Å². The molecule has 0 aromatic heterocycles. The zero-order chi connectivity index (χ0) is 15.4. The van der Waals surface area contributed by atoms with Gasteiger partial charge in [-0.25, -0.2) is 0 Å². The van der Waals surface area contributed by atoms with E-state index < -0.39 is 0 Å². The van der Waals surface area contributed by atoms with Crippen LogP contribution in [0.3, 0.4) is 0 Å². The number of hydrogen-bond donors (Lipinski definition) is 0. The van der Waals surface area contributed by atoms with Crippen LogP contribution in [0, 0.1) is 5.92 Å². The summed E-state index contributed by atoms with van der Waals surface area (Å²) in [6.45, 7) is 6.64. The smallest absolute Gasteiger partial charge is 0.236 e. The van der Waals surface area contributed by atoms with Gasteiger partial charge in [0.2, 0.25) is 5.91 Å². The Bertz CT molecular complexity index is 360. The minimum absolute atomic E-state index is 0.335. The minimum Gasteiger partial charge on any atom is -0.377 e. The van der Waals surface area contributed by atoms with Gasteiger partial charge in [-0.05, 0) is 43.8 Å². The molecule has 3 saturated heterocycles. The highest BCUT2D eigenvalue weighted by Gasteiger charge is 2.30. The van der Waals surface area contributed by atoms with Crippen LogP contribution in [-0.2, 0) is 9.53 Å². The fraction of sp³-hybridized carbons (Fsp3) is 0.941. The lowest BCUT2D eigenvalue weighted by Crippen LogP contribution is -2.49. The van der Waals surface area contributed by atoms with Crippen molar-refractivity contribution in [1.29, 1.82) is 0 Å². The first kappa shape index (κ1) is 16.6. The number of ether oxygens (including phenoxy) is 1. The summed E-state index contributed by atoms with van der Waals surface area (Å²) in [5, 5.41) is 0. The average Bonchev–Trinajstić information content (AvgIpc) is 3.20. The number of thioether (sulfide) groups is 1. The third kappa shape index (κ3) is 4.39. The Morgan fingerprint density at radius 3 is 2.73 bits per heavy atom. The predicted molar refractivity (Wildman–Crippen MR) is 91.3 cm³/mol. The van der Waals surface area contributed by atoms with Gasteiger partial charge in [0, 0.05) is 38.0 Å². The molecule has 0 bridgehead atoms. The van der Waals surface area contributed by atoms with E-state index in [-0.39, 0.29) is 0 Å². The van der Waals surface area contributed by atoms with Gasteiger partial charge in [0.25, 0.3) is 0 Å². The maximum atomic E-state index is 12.7. The summed E-state index contributed by atoms with van der Waals surface area (Å²) in [7, 11) is 0. The molecule has 0 saturated carbocycles. The molecule has 0 unspecified atom stereocenters. The Morgan fingerprint density at radius 2 is 2.09 bits per heavy atom. The van der Waals surface area contributed by atoms with Crippen molar-refractivity contribution < 1.29 is 9.53 Å². The van der Waals surface area contributed by atoms with Crippen LogP contribution in [0.1, 0.15) is 39.0 Å². The Morgan fingerprint density at radius 1 is 1.27 bits per heavy atom. The van der Waals surface area contributed by atoms with Gasteiger partial charge in [-0.15, -0.1) is 0 Å². The molecule has 0 N–H and O–H groups in total. The number of likely N-dealkylation sites (tertiary alicyclic amines) is 1. The van der Waals surface area contributed by atoms with Gasteiger partial charge < -0.3 is 9.64 Å². The van der Waals surface area contributed by atoms with Crippen molar-refractivity contribution in [2.24, 2.45) is 5.92 Å². The number of hydrogen-bond acceptors (Lipinski definition) is 4. The second-order valence-corrected chi connectivity index (χ2v) is 8.30. The van der Waals surface area contributed by atoms with Crippen LogP contribution >= 0.6 is 11.8 Å². The topological polar surface area (TPSA) is 32.8 Å². The minimum atomic E-state index is 0.335. The maximum Gasteiger partial charge on any atom is 0.236 e. The zero-order valence-electron chi connectivity index (χ0n) is 13.8. The molecule has 0 aliphatic carbocycles. The Balaban J connectivity index is 1.54. The van der Waals surface area contributed by atoms with Crippen molar-refractivity contribution in [3.63, 3.8) is 0 Å². The second kappa shape index (κ2) is 8.02. The molecule has 3 heterocycles. The van der Waals surface area contributed by atoms with Gasteiger partial charge in [-0.2, -0.15) is 11.8 Å². The zero-order valence-corrected chi connectivity index (χ0v) is 14.7. The molecule has 2 atom stereocenters. The first-order valence-electron chi connectivity index (χ1n) is 8.93. The fourth-order valence-corrected chi connectivity index (χ4v) is 4.99. The molecule has 3 rings (SSSR count). The Hall–Kier alpha value is -0.260. The van der Waals surface area contributed by atoms with E-state index in [4.69, 9.17) is 4.74 Å². The Kier molecular flexibility index (Phi) is 6.05. The molecule has 22 heavy (non-hydrogen) atoms. The first-order chi connectivity index (χ1) is 10.7. The van der Waals surface area contributed by atoms with Crippen LogP contribution in [0.4, 0.5) is 0 Å². The first-order valence-corrected chi connectivity index (χ1v) is 10.1. The van der Waals surface area contributed by atoms with E-state index in [0.29, 0.717) is 24.6 Å².